The van der Waals surface area contributed by atoms with E-state index in [4.69, 9.17) is 24.3 Å². The molecule has 5 rings (SSSR count). The van der Waals surface area contributed by atoms with E-state index in [-0.39, 0.29) is 29.2 Å². The molecule has 54 heavy (non-hydrogen) atoms. The van der Waals surface area contributed by atoms with Crippen molar-refractivity contribution < 1.29 is 48.0 Å². The molecule has 0 radical (unpaired) electrons. The number of aromatic hydroxyl groups is 3. The molecule has 0 aliphatic rings. The zero-order chi connectivity index (χ0) is 38.7. The number of nitrogens with two attached hydrogens (primary N) is 1. The molecule has 16 nitrogen and oxygen atoms in total. The third kappa shape index (κ3) is 9.30. The molecule has 0 atom stereocenters. The predicted octanol–water partition coefficient (Wildman–Crippen LogP) is 9.12. The lowest BCUT2D eigenvalue weighted by molar-refractivity contribution is -0.432. The minimum atomic E-state index is -2.90. The summed E-state index contributed by atoms with van der Waals surface area (Å²) in [6.45, 7) is 7.10. The van der Waals surface area contributed by atoms with Crippen molar-refractivity contribution in [1.82, 2.24) is 5.32 Å². The van der Waals surface area contributed by atoms with Gasteiger partial charge in [-0.05, 0) is 75.0 Å². The molecular formula is C36H40N6O10SSi. The van der Waals surface area contributed by atoms with E-state index >= 15 is 0 Å². The molecule has 0 bridgehead atoms. The Kier molecular flexibility index (Phi) is 13.9. The molecule has 7 N–H and O–H groups in total. The van der Waals surface area contributed by atoms with Crippen LogP contribution in [0.15, 0.2) is 98.1 Å². The maximum absolute atomic E-state index is 13.1. The van der Waals surface area contributed by atoms with Gasteiger partial charge in [-0.2, -0.15) is 0 Å². The van der Waals surface area contributed by atoms with E-state index in [1.807, 2.05) is 20.8 Å². The Morgan fingerprint density at radius 1 is 0.778 bits per heavy atom. The van der Waals surface area contributed by atoms with Crippen LogP contribution in [-0.4, -0.2) is 61.7 Å². The second kappa shape index (κ2) is 18.7. The molecule has 0 aliphatic carbocycles. The number of phenolic OH excluding ortho intramolecular Hbond substituents is 3. The van der Waals surface area contributed by atoms with Gasteiger partial charge in [-0.25, -0.2) is 5.26 Å². The Morgan fingerprint density at radius 2 is 1.39 bits per heavy atom. The Hall–Kier alpha value is -5.18. The van der Waals surface area contributed by atoms with Crippen LogP contribution in [0.25, 0.3) is 21.5 Å². The highest BCUT2D eigenvalue weighted by molar-refractivity contribution is 7.94. The van der Waals surface area contributed by atoms with E-state index in [1.54, 1.807) is 60.7 Å². The fourth-order valence-electron chi connectivity index (χ4n) is 5.69. The average Bonchev–Trinajstić information content (AvgIpc) is 3.16. The van der Waals surface area contributed by atoms with E-state index < -0.39 is 26.2 Å². The molecule has 18 heteroatoms. The first-order valence-electron chi connectivity index (χ1n) is 16.9. The van der Waals surface area contributed by atoms with Gasteiger partial charge in [0, 0.05) is 54.3 Å². The summed E-state index contributed by atoms with van der Waals surface area (Å²) in [7, 11) is -2.90. The minimum Gasteiger partial charge on any atom is -0.507 e. The quantitative estimate of drug-likeness (QED) is 0.00930. The van der Waals surface area contributed by atoms with Crippen molar-refractivity contribution >= 4 is 76.7 Å². The molecule has 0 unspecified atom stereocenters. The monoisotopic (exact) mass is 776 g/mol. The predicted molar refractivity (Wildman–Crippen MR) is 205 cm³/mol. The fourth-order valence-corrected chi connectivity index (χ4v) is 8.80. The number of azo groups is 2. The SMILES string of the molecule is CCO[Si](CCCNC(=O)c1c(O)ccc(N=Nc2ccc(N=Nc3c(SOOO)cc4ccc(N)cc4c3O)c3ccccc23)c1O)(OCC)OCC. The second-order valence-electron chi connectivity index (χ2n) is 11.5. The van der Waals surface area contributed by atoms with Crippen LogP contribution in [-0.2, 0) is 22.7 Å². The Morgan fingerprint density at radius 3 is 2.02 bits per heavy atom. The number of rotatable bonds is 18. The van der Waals surface area contributed by atoms with Gasteiger partial charge in [0.25, 0.3) is 5.91 Å². The van der Waals surface area contributed by atoms with Gasteiger partial charge in [-0.3, -0.25) is 4.79 Å². The fraction of sp³-hybridized carbons (Fsp3) is 0.250. The third-order valence-corrected chi connectivity index (χ3v) is 11.8. The summed E-state index contributed by atoms with van der Waals surface area (Å²) >= 11 is 0.623. The number of phenols is 3. The molecule has 0 heterocycles. The van der Waals surface area contributed by atoms with Gasteiger partial charge in [-0.15, -0.1) is 24.8 Å². The van der Waals surface area contributed by atoms with Crippen molar-refractivity contribution in [3.05, 3.63) is 78.4 Å². The molecule has 284 valence electrons. The Balaban J connectivity index is 1.38. The van der Waals surface area contributed by atoms with E-state index in [2.05, 4.69) is 35.1 Å². The van der Waals surface area contributed by atoms with Crippen molar-refractivity contribution in [1.29, 1.82) is 0 Å². The highest BCUT2D eigenvalue weighted by atomic mass is 32.2. The van der Waals surface area contributed by atoms with E-state index in [0.29, 0.717) is 87.8 Å². The van der Waals surface area contributed by atoms with Gasteiger partial charge in [0.2, 0.25) is 0 Å². The topological polar surface area (TPSA) is 232 Å². The van der Waals surface area contributed by atoms with E-state index in [9.17, 15) is 20.1 Å². The zero-order valence-electron chi connectivity index (χ0n) is 29.7. The van der Waals surface area contributed by atoms with Crippen LogP contribution in [0.4, 0.5) is 28.4 Å². The number of nitrogen functional groups attached to an aromatic ring is 1. The first kappa shape index (κ1) is 40.0. The number of fused-ring (bicyclic) bond motifs is 2. The van der Waals surface area contributed by atoms with E-state index in [0.717, 1.165) is 0 Å². The van der Waals surface area contributed by atoms with Crippen LogP contribution in [0.1, 0.15) is 37.6 Å². The summed E-state index contributed by atoms with van der Waals surface area (Å²) in [5, 5.41) is 67.4. The normalized spacial score (nSPS) is 12.1. The van der Waals surface area contributed by atoms with Crippen molar-refractivity contribution in [3.63, 3.8) is 0 Å². The summed E-state index contributed by atoms with van der Waals surface area (Å²) in [6, 6.07) is 20.2. The van der Waals surface area contributed by atoms with E-state index in [1.165, 1.54) is 12.1 Å². The van der Waals surface area contributed by atoms with Crippen LogP contribution < -0.4 is 11.1 Å². The van der Waals surface area contributed by atoms with Gasteiger partial charge in [0.1, 0.15) is 22.7 Å². The third-order valence-electron chi connectivity index (χ3n) is 8.03. The number of carbonyl (C=O) groups excluding carboxylic acids is 1. The highest BCUT2D eigenvalue weighted by Gasteiger charge is 2.39. The van der Waals surface area contributed by atoms with Crippen LogP contribution in [0.5, 0.6) is 17.2 Å². The number of amides is 1. The average molecular weight is 777 g/mol. The summed E-state index contributed by atoms with van der Waals surface area (Å²) in [5.41, 5.74) is 6.85. The molecule has 0 saturated carbocycles. The van der Waals surface area contributed by atoms with Crippen molar-refractivity contribution in [2.45, 2.75) is 38.1 Å². The minimum absolute atomic E-state index is 0.0436. The molecule has 5 aromatic carbocycles. The standard InChI is InChI=1S/C36H40N6O10SSi/c1-4-48-54(49-5-2,50-6-3)19-9-18-38-36(46)32-30(43)17-16-29(35(32)45)41-39-27-14-15-28(25-11-8-7-10-24(25)27)40-42-33-31(53-52-51-47)20-22-12-13-23(37)21-26(22)34(33)44/h7-8,10-17,20-21,43-45,47H,4-6,9,18-19,37H2,1-3H3,(H,38,46). The van der Waals surface area contributed by atoms with Crippen LogP contribution in [0.2, 0.25) is 6.04 Å². The molecule has 0 aromatic heterocycles. The molecular weight excluding hydrogens is 737 g/mol. The smallest absolute Gasteiger partial charge is 0.500 e. The van der Waals surface area contributed by atoms with Crippen molar-refractivity contribution in [2.75, 3.05) is 32.1 Å². The molecule has 0 aliphatic heterocycles. The number of nitrogens with zero attached hydrogens (tertiary/aromatic N) is 4. The largest absolute Gasteiger partial charge is 0.507 e. The molecule has 1 amide bonds. The number of anilines is 1. The maximum Gasteiger partial charge on any atom is 0.500 e. The van der Waals surface area contributed by atoms with Crippen LogP contribution in [0, 0.1) is 0 Å². The van der Waals surface area contributed by atoms with Gasteiger partial charge in [-0.1, -0.05) is 35.4 Å². The van der Waals surface area contributed by atoms with Crippen molar-refractivity contribution in [3.8, 4) is 17.2 Å². The maximum atomic E-state index is 13.1. The number of benzene rings is 5. The number of hydrogen-bond acceptors (Lipinski definition) is 16. The zero-order valence-corrected chi connectivity index (χ0v) is 31.5. The van der Waals surface area contributed by atoms with Gasteiger partial charge >= 0.3 is 8.80 Å². The molecule has 0 saturated heterocycles. The molecule has 0 spiro atoms. The van der Waals surface area contributed by atoms with Gasteiger partial charge < -0.3 is 39.6 Å². The first-order valence-corrected chi connectivity index (χ1v) is 19.6. The second-order valence-corrected chi connectivity index (χ2v) is 15.0. The lowest BCUT2D eigenvalue weighted by atomic mass is 10.1. The van der Waals surface area contributed by atoms with Gasteiger partial charge in [0.05, 0.1) is 28.3 Å². The molecule has 5 aromatic rings. The van der Waals surface area contributed by atoms with Gasteiger partial charge in [0.15, 0.2) is 11.5 Å². The summed E-state index contributed by atoms with van der Waals surface area (Å²) in [6.07, 6.45) is 0.479. The Labute approximate surface area is 315 Å². The summed E-state index contributed by atoms with van der Waals surface area (Å²) in [5.74, 6) is -1.88. The lowest BCUT2D eigenvalue weighted by Crippen LogP contribution is -2.46. The number of carbonyl (C=O) groups is 1. The first-order chi connectivity index (χ1) is 26.1. The number of nitrogens with one attached hydrogen (secondary N) is 1. The number of hydrogen-bond donors (Lipinski definition) is 6. The lowest BCUT2D eigenvalue weighted by Gasteiger charge is -2.28. The van der Waals surface area contributed by atoms with Crippen molar-refractivity contribution in [2.24, 2.45) is 20.5 Å². The van der Waals surface area contributed by atoms with Crippen LogP contribution >= 0.6 is 12.0 Å². The summed E-state index contributed by atoms with van der Waals surface area (Å²) < 4.78 is 22.2. The van der Waals surface area contributed by atoms with Crippen LogP contribution in [0.3, 0.4) is 0 Å². The highest BCUT2D eigenvalue weighted by Crippen LogP contribution is 2.45. The molecule has 0 fully saturated rings. The Bertz CT molecular complexity index is 2160. The summed E-state index contributed by atoms with van der Waals surface area (Å²) in [4.78, 5) is 13.4.